The second-order valence-electron chi connectivity index (χ2n) is 6.57. The molecular weight excluding hydrogens is 302 g/mol. The first-order valence-electron chi connectivity index (χ1n) is 8.95. The van der Waals surface area contributed by atoms with Crippen LogP contribution in [0.4, 0.5) is 5.69 Å². The van der Waals surface area contributed by atoms with Gasteiger partial charge in [-0.2, -0.15) is 0 Å². The molecule has 1 aromatic rings. The van der Waals surface area contributed by atoms with Crippen LogP contribution in [0.1, 0.15) is 44.0 Å². The van der Waals surface area contributed by atoms with E-state index in [-0.39, 0.29) is 11.8 Å². The monoisotopic (exact) mass is 331 g/mol. The fourth-order valence-electron chi connectivity index (χ4n) is 2.98. The summed E-state index contributed by atoms with van der Waals surface area (Å²) in [5, 5.41) is 2.89. The topological polar surface area (TPSA) is 52.7 Å². The summed E-state index contributed by atoms with van der Waals surface area (Å²) in [5.74, 6) is 0.705. The number of benzene rings is 1. The van der Waals surface area contributed by atoms with Gasteiger partial charge in [0, 0.05) is 24.3 Å². The van der Waals surface area contributed by atoms with E-state index in [9.17, 15) is 9.59 Å². The van der Waals surface area contributed by atoms with Crippen molar-refractivity contribution in [1.82, 2.24) is 9.80 Å². The minimum Gasteiger partial charge on any atom is -0.339 e. The molecule has 1 aromatic carbocycles. The Labute approximate surface area is 145 Å². The van der Waals surface area contributed by atoms with Crippen LogP contribution in [0, 0.1) is 5.92 Å². The molecule has 132 valence electrons. The first kappa shape index (κ1) is 18.5. The van der Waals surface area contributed by atoms with E-state index in [4.69, 9.17) is 0 Å². The molecule has 24 heavy (non-hydrogen) atoms. The predicted molar refractivity (Wildman–Crippen MR) is 97.2 cm³/mol. The molecule has 0 bridgehead atoms. The number of nitrogens with zero attached hydrogens (tertiary/aromatic N) is 2. The van der Waals surface area contributed by atoms with Gasteiger partial charge in [-0.15, -0.1) is 0 Å². The maximum absolute atomic E-state index is 12.6. The van der Waals surface area contributed by atoms with Crippen molar-refractivity contribution in [2.75, 3.05) is 38.0 Å². The molecule has 0 radical (unpaired) electrons. The van der Waals surface area contributed by atoms with Gasteiger partial charge in [-0.1, -0.05) is 26.8 Å². The third-order valence-electron chi connectivity index (χ3n) is 4.73. The number of amides is 2. The van der Waals surface area contributed by atoms with E-state index in [1.54, 1.807) is 6.07 Å². The number of likely N-dealkylation sites (N-methyl/N-ethyl adjacent to an activating group) is 1. The Morgan fingerprint density at radius 2 is 1.88 bits per heavy atom. The Hall–Kier alpha value is -1.88. The quantitative estimate of drug-likeness (QED) is 0.872. The zero-order chi connectivity index (χ0) is 17.5. The Bertz CT molecular complexity index is 561. The molecule has 1 fully saturated rings. The van der Waals surface area contributed by atoms with E-state index in [0.717, 1.165) is 39.0 Å². The number of anilines is 1. The highest BCUT2D eigenvalue weighted by molar-refractivity contribution is 5.97. The lowest BCUT2D eigenvalue weighted by Crippen LogP contribution is -2.38. The van der Waals surface area contributed by atoms with Crippen LogP contribution in [0.3, 0.4) is 0 Å². The van der Waals surface area contributed by atoms with Gasteiger partial charge < -0.3 is 10.2 Å². The molecule has 1 aliphatic rings. The van der Waals surface area contributed by atoms with Crippen LogP contribution in [-0.2, 0) is 4.79 Å². The molecular formula is C19H29N3O2. The highest BCUT2D eigenvalue weighted by atomic mass is 16.2. The van der Waals surface area contributed by atoms with Gasteiger partial charge in [-0.3, -0.25) is 14.5 Å². The van der Waals surface area contributed by atoms with Crippen molar-refractivity contribution >= 4 is 17.5 Å². The van der Waals surface area contributed by atoms with Gasteiger partial charge in [0.05, 0.1) is 6.54 Å². The zero-order valence-electron chi connectivity index (χ0n) is 15.0. The van der Waals surface area contributed by atoms with Gasteiger partial charge >= 0.3 is 0 Å². The number of carbonyl (C=O) groups excluding carboxylic acids is 2. The molecule has 0 saturated carbocycles. The molecule has 1 saturated heterocycles. The van der Waals surface area contributed by atoms with E-state index in [1.165, 1.54) is 0 Å². The van der Waals surface area contributed by atoms with Crippen LogP contribution in [0.5, 0.6) is 0 Å². The number of carbonyl (C=O) groups is 2. The summed E-state index contributed by atoms with van der Waals surface area (Å²) >= 11 is 0. The number of piperidine rings is 1. The lowest BCUT2D eigenvalue weighted by atomic mass is 9.98. The smallest absolute Gasteiger partial charge is 0.253 e. The normalized spacial score (nSPS) is 15.6. The number of hydrogen-bond donors (Lipinski definition) is 1. The van der Waals surface area contributed by atoms with Crippen LogP contribution < -0.4 is 5.32 Å². The second-order valence-corrected chi connectivity index (χ2v) is 6.57. The second kappa shape index (κ2) is 8.83. The Balaban J connectivity index is 1.98. The van der Waals surface area contributed by atoms with Gasteiger partial charge in [0.25, 0.3) is 5.91 Å². The minimum atomic E-state index is -0.0462. The van der Waals surface area contributed by atoms with Gasteiger partial charge in [-0.05, 0) is 50.0 Å². The Morgan fingerprint density at radius 3 is 2.50 bits per heavy atom. The van der Waals surface area contributed by atoms with Crippen LogP contribution in [0.25, 0.3) is 0 Å². The number of nitrogens with one attached hydrogen (secondary N) is 1. The lowest BCUT2D eigenvalue weighted by Gasteiger charge is -2.30. The molecule has 0 aromatic heterocycles. The molecule has 1 aliphatic heterocycles. The Morgan fingerprint density at radius 1 is 1.21 bits per heavy atom. The average Bonchev–Trinajstić information content (AvgIpc) is 2.60. The number of rotatable bonds is 6. The molecule has 0 atom stereocenters. The summed E-state index contributed by atoms with van der Waals surface area (Å²) in [6, 6.07) is 7.25. The summed E-state index contributed by atoms with van der Waals surface area (Å²) in [4.78, 5) is 28.7. The van der Waals surface area contributed by atoms with Gasteiger partial charge in [0.15, 0.2) is 0 Å². The molecule has 5 nitrogen and oxygen atoms in total. The van der Waals surface area contributed by atoms with Gasteiger partial charge in [0.1, 0.15) is 0 Å². The van der Waals surface area contributed by atoms with Crippen molar-refractivity contribution in [2.45, 2.75) is 33.6 Å². The first-order valence-corrected chi connectivity index (χ1v) is 8.95. The summed E-state index contributed by atoms with van der Waals surface area (Å²) < 4.78 is 0. The first-order chi connectivity index (χ1) is 11.5. The van der Waals surface area contributed by atoms with Crippen LogP contribution >= 0.6 is 0 Å². The molecule has 2 rings (SSSR count). The SMILES string of the molecule is CCN(CC)CC(=O)Nc1cccc(C(=O)N2CCC(C)CC2)c1. The fraction of sp³-hybridized carbons (Fsp3) is 0.579. The number of likely N-dealkylation sites (tertiary alicyclic amines) is 1. The summed E-state index contributed by atoms with van der Waals surface area (Å²) in [5.41, 5.74) is 1.33. The molecule has 5 heteroatoms. The molecule has 0 unspecified atom stereocenters. The summed E-state index contributed by atoms with van der Waals surface area (Å²) in [7, 11) is 0. The van der Waals surface area contributed by atoms with Crippen LogP contribution in [0.15, 0.2) is 24.3 Å². The van der Waals surface area contributed by atoms with Crippen LogP contribution in [-0.4, -0.2) is 54.3 Å². The summed E-state index contributed by atoms with van der Waals surface area (Å²) in [6.45, 7) is 10.00. The molecule has 0 aliphatic carbocycles. The van der Waals surface area contributed by atoms with E-state index < -0.39 is 0 Å². The predicted octanol–water partition coefficient (Wildman–Crippen LogP) is 2.84. The standard InChI is InChI=1S/C19H29N3O2/c1-4-21(5-2)14-18(23)20-17-8-6-7-16(13-17)19(24)22-11-9-15(3)10-12-22/h6-8,13,15H,4-5,9-12,14H2,1-3H3,(H,20,23). The summed E-state index contributed by atoms with van der Waals surface area (Å²) in [6.07, 6.45) is 2.12. The Kier molecular flexibility index (Phi) is 6.79. The van der Waals surface area contributed by atoms with Gasteiger partial charge in [0.2, 0.25) is 5.91 Å². The van der Waals surface area contributed by atoms with Crippen LogP contribution in [0.2, 0.25) is 0 Å². The van der Waals surface area contributed by atoms with E-state index in [0.29, 0.717) is 23.7 Å². The third kappa shape index (κ3) is 5.06. The van der Waals surface area contributed by atoms with E-state index in [2.05, 4.69) is 17.1 Å². The molecule has 2 amide bonds. The maximum Gasteiger partial charge on any atom is 0.253 e. The maximum atomic E-state index is 12.6. The van der Waals surface area contributed by atoms with Crippen molar-refractivity contribution in [3.63, 3.8) is 0 Å². The lowest BCUT2D eigenvalue weighted by molar-refractivity contribution is -0.117. The van der Waals surface area contributed by atoms with Gasteiger partial charge in [-0.25, -0.2) is 0 Å². The average molecular weight is 331 g/mol. The molecule has 0 spiro atoms. The number of hydrogen-bond acceptors (Lipinski definition) is 3. The van der Waals surface area contributed by atoms with Crippen molar-refractivity contribution < 1.29 is 9.59 Å². The van der Waals surface area contributed by atoms with E-state index >= 15 is 0 Å². The minimum absolute atomic E-state index is 0.0462. The van der Waals surface area contributed by atoms with E-state index in [1.807, 2.05) is 36.9 Å². The largest absolute Gasteiger partial charge is 0.339 e. The molecule has 1 heterocycles. The highest BCUT2D eigenvalue weighted by Crippen LogP contribution is 2.19. The van der Waals surface area contributed by atoms with Crippen molar-refractivity contribution in [3.05, 3.63) is 29.8 Å². The van der Waals surface area contributed by atoms with Crippen molar-refractivity contribution in [3.8, 4) is 0 Å². The molecule has 1 N–H and O–H groups in total. The zero-order valence-corrected chi connectivity index (χ0v) is 15.0. The fourth-order valence-corrected chi connectivity index (χ4v) is 2.98. The third-order valence-corrected chi connectivity index (χ3v) is 4.73. The van der Waals surface area contributed by atoms with Crippen molar-refractivity contribution in [1.29, 1.82) is 0 Å². The van der Waals surface area contributed by atoms with Crippen molar-refractivity contribution in [2.24, 2.45) is 5.92 Å². The highest BCUT2D eigenvalue weighted by Gasteiger charge is 2.21.